The summed E-state index contributed by atoms with van der Waals surface area (Å²) in [5.74, 6) is -1.18. The van der Waals surface area contributed by atoms with E-state index in [-0.39, 0.29) is 29.7 Å². The number of carbonyl (C=O) groups excluding carboxylic acids is 1. The maximum atomic E-state index is 12.4. The third kappa shape index (κ3) is 2.33. The lowest BCUT2D eigenvalue weighted by Gasteiger charge is -2.41. The minimum absolute atomic E-state index is 0.0115. The van der Waals surface area contributed by atoms with Gasteiger partial charge in [-0.3, -0.25) is 4.79 Å². The van der Waals surface area contributed by atoms with Gasteiger partial charge in [0.25, 0.3) is 0 Å². The number of nitrogens with one attached hydrogen (secondary N) is 1. The number of hydrogen-bond acceptors (Lipinski definition) is 4. The number of halogens is 4. The molecule has 98 valence electrons. The van der Waals surface area contributed by atoms with Crippen molar-refractivity contribution in [3.63, 3.8) is 0 Å². The van der Waals surface area contributed by atoms with Crippen molar-refractivity contribution in [2.75, 3.05) is 23.3 Å². The summed E-state index contributed by atoms with van der Waals surface area (Å²) in [5.41, 5.74) is 0.120. The van der Waals surface area contributed by atoms with Crippen LogP contribution in [-0.4, -0.2) is 35.6 Å². The number of anilines is 2. The standard InChI is InChI=1S/C9H8ClF3N4O/c10-7-6(16-4-18)8(15-3-14-7)17-1-5(2-17)9(11,12)13/h3-5H,1-2H2,(H,16,18). The molecule has 0 spiro atoms. The summed E-state index contributed by atoms with van der Waals surface area (Å²) in [6.07, 6.45) is -2.71. The molecule has 1 aliphatic rings. The molecule has 0 aromatic carbocycles. The second kappa shape index (κ2) is 4.60. The minimum atomic E-state index is -4.22. The molecule has 0 atom stereocenters. The zero-order valence-corrected chi connectivity index (χ0v) is 9.66. The molecule has 1 fully saturated rings. The van der Waals surface area contributed by atoms with Gasteiger partial charge in [0.1, 0.15) is 12.0 Å². The summed E-state index contributed by atoms with van der Waals surface area (Å²) < 4.78 is 37.1. The molecule has 1 aliphatic heterocycles. The smallest absolute Gasteiger partial charge is 0.353 e. The molecule has 0 radical (unpaired) electrons. The van der Waals surface area contributed by atoms with E-state index in [2.05, 4.69) is 15.3 Å². The topological polar surface area (TPSA) is 58.1 Å². The highest BCUT2D eigenvalue weighted by Gasteiger charge is 2.48. The summed E-state index contributed by atoms with van der Waals surface area (Å²) in [6.45, 7) is -0.408. The van der Waals surface area contributed by atoms with Crippen molar-refractivity contribution in [3.05, 3.63) is 11.5 Å². The van der Waals surface area contributed by atoms with E-state index >= 15 is 0 Å². The lowest BCUT2D eigenvalue weighted by molar-refractivity contribution is -0.180. The molecule has 1 N–H and O–H groups in total. The van der Waals surface area contributed by atoms with Crippen LogP contribution in [0.15, 0.2) is 6.33 Å². The fourth-order valence-corrected chi connectivity index (χ4v) is 1.82. The normalized spacial score (nSPS) is 16.3. The molecule has 5 nitrogen and oxygen atoms in total. The third-order valence-electron chi connectivity index (χ3n) is 2.63. The van der Waals surface area contributed by atoms with Crippen LogP contribution in [0.1, 0.15) is 0 Å². The van der Waals surface area contributed by atoms with E-state index < -0.39 is 12.1 Å². The lowest BCUT2D eigenvalue weighted by atomic mass is 9.99. The Kier molecular flexibility index (Phi) is 3.29. The van der Waals surface area contributed by atoms with E-state index in [9.17, 15) is 18.0 Å². The van der Waals surface area contributed by atoms with Gasteiger partial charge in [-0.25, -0.2) is 9.97 Å². The van der Waals surface area contributed by atoms with Gasteiger partial charge in [-0.15, -0.1) is 0 Å². The zero-order chi connectivity index (χ0) is 13.3. The van der Waals surface area contributed by atoms with E-state index in [1.807, 2.05) is 0 Å². The quantitative estimate of drug-likeness (QED) is 0.676. The van der Waals surface area contributed by atoms with Gasteiger partial charge in [0.2, 0.25) is 6.41 Å². The Labute approximate surface area is 105 Å². The fraction of sp³-hybridized carbons (Fsp3) is 0.444. The van der Waals surface area contributed by atoms with Crippen molar-refractivity contribution < 1.29 is 18.0 Å². The van der Waals surface area contributed by atoms with Crippen LogP contribution in [0.25, 0.3) is 0 Å². The van der Waals surface area contributed by atoms with Gasteiger partial charge in [0.05, 0.1) is 5.92 Å². The molecule has 2 rings (SSSR count). The Balaban J connectivity index is 2.16. The first-order chi connectivity index (χ1) is 8.43. The van der Waals surface area contributed by atoms with Gasteiger partial charge in [-0.05, 0) is 0 Å². The van der Waals surface area contributed by atoms with Gasteiger partial charge in [-0.2, -0.15) is 13.2 Å². The van der Waals surface area contributed by atoms with Crippen LogP contribution in [0.4, 0.5) is 24.7 Å². The highest BCUT2D eigenvalue weighted by atomic mass is 35.5. The molecule has 1 amide bonds. The summed E-state index contributed by atoms with van der Waals surface area (Å²) in [5, 5.41) is 2.28. The SMILES string of the molecule is O=CNc1c(Cl)ncnc1N1CC(C(F)(F)F)C1. The van der Waals surface area contributed by atoms with E-state index in [0.29, 0.717) is 6.41 Å². The van der Waals surface area contributed by atoms with Gasteiger partial charge in [0.15, 0.2) is 11.0 Å². The maximum absolute atomic E-state index is 12.4. The number of nitrogens with zero attached hydrogens (tertiary/aromatic N) is 3. The van der Waals surface area contributed by atoms with E-state index in [1.165, 1.54) is 4.90 Å². The second-order valence-corrected chi connectivity index (χ2v) is 4.13. The van der Waals surface area contributed by atoms with Gasteiger partial charge >= 0.3 is 6.18 Å². The molecule has 1 aromatic rings. The number of amides is 1. The number of carbonyl (C=O) groups is 1. The van der Waals surface area contributed by atoms with Crippen LogP contribution < -0.4 is 10.2 Å². The average molecular weight is 281 g/mol. The largest absolute Gasteiger partial charge is 0.395 e. The summed E-state index contributed by atoms with van der Waals surface area (Å²) in [4.78, 5) is 19.3. The molecule has 0 saturated carbocycles. The molecule has 2 heterocycles. The minimum Gasteiger partial charge on any atom is -0.353 e. The van der Waals surface area contributed by atoms with Crippen LogP contribution in [0.2, 0.25) is 5.15 Å². The van der Waals surface area contributed by atoms with Crippen molar-refractivity contribution >= 4 is 29.5 Å². The van der Waals surface area contributed by atoms with E-state index in [4.69, 9.17) is 11.6 Å². The average Bonchev–Trinajstić information content (AvgIpc) is 2.18. The first-order valence-corrected chi connectivity index (χ1v) is 5.33. The lowest BCUT2D eigenvalue weighted by Crippen LogP contribution is -2.53. The fourth-order valence-electron chi connectivity index (χ4n) is 1.64. The number of rotatable bonds is 3. The molecular formula is C9H8ClF3N4O. The zero-order valence-electron chi connectivity index (χ0n) is 8.91. The summed E-state index contributed by atoms with van der Waals surface area (Å²) in [7, 11) is 0. The van der Waals surface area contributed by atoms with Crippen LogP contribution in [0, 0.1) is 5.92 Å². The van der Waals surface area contributed by atoms with Crippen molar-refractivity contribution in [3.8, 4) is 0 Å². The molecule has 9 heteroatoms. The van der Waals surface area contributed by atoms with Crippen LogP contribution in [0.3, 0.4) is 0 Å². The molecule has 0 unspecified atom stereocenters. The monoisotopic (exact) mass is 280 g/mol. The van der Waals surface area contributed by atoms with Crippen LogP contribution >= 0.6 is 11.6 Å². The highest BCUT2D eigenvalue weighted by molar-refractivity contribution is 6.32. The van der Waals surface area contributed by atoms with Crippen molar-refractivity contribution in [1.29, 1.82) is 0 Å². The van der Waals surface area contributed by atoms with Crippen LogP contribution in [0.5, 0.6) is 0 Å². The number of alkyl halides is 3. The summed E-state index contributed by atoms with van der Waals surface area (Å²) in [6, 6.07) is 0. The first-order valence-electron chi connectivity index (χ1n) is 4.96. The Morgan fingerprint density at radius 3 is 2.67 bits per heavy atom. The Morgan fingerprint density at radius 1 is 1.44 bits per heavy atom. The van der Waals surface area contributed by atoms with E-state index in [1.54, 1.807) is 0 Å². The van der Waals surface area contributed by atoms with Gasteiger partial charge in [0, 0.05) is 13.1 Å². The second-order valence-electron chi connectivity index (χ2n) is 3.77. The predicted octanol–water partition coefficient (Wildman–Crippen LogP) is 1.70. The number of hydrogen-bond donors (Lipinski definition) is 1. The van der Waals surface area contributed by atoms with Crippen LogP contribution in [-0.2, 0) is 4.79 Å². The third-order valence-corrected chi connectivity index (χ3v) is 2.91. The molecular weight excluding hydrogens is 273 g/mol. The van der Waals surface area contributed by atoms with Gasteiger partial charge in [-0.1, -0.05) is 11.6 Å². The maximum Gasteiger partial charge on any atom is 0.395 e. The highest BCUT2D eigenvalue weighted by Crippen LogP contribution is 2.38. The molecule has 0 aliphatic carbocycles. The molecule has 1 saturated heterocycles. The molecule has 1 aromatic heterocycles. The van der Waals surface area contributed by atoms with Crippen molar-refractivity contribution in [2.24, 2.45) is 5.92 Å². The first kappa shape index (κ1) is 12.9. The molecule has 0 bridgehead atoms. The van der Waals surface area contributed by atoms with Crippen molar-refractivity contribution in [1.82, 2.24) is 9.97 Å². The molecule has 18 heavy (non-hydrogen) atoms. The number of aromatic nitrogens is 2. The predicted molar refractivity (Wildman–Crippen MR) is 58.5 cm³/mol. The van der Waals surface area contributed by atoms with Gasteiger partial charge < -0.3 is 10.2 Å². The Bertz CT molecular complexity index is 462. The van der Waals surface area contributed by atoms with Crippen molar-refractivity contribution in [2.45, 2.75) is 6.18 Å². The Morgan fingerprint density at radius 2 is 2.11 bits per heavy atom. The summed E-state index contributed by atoms with van der Waals surface area (Å²) >= 11 is 5.74. The van der Waals surface area contributed by atoms with E-state index in [0.717, 1.165) is 6.33 Å². The Hall–Kier alpha value is -1.57.